The second-order valence-electron chi connectivity index (χ2n) is 13.3. The Hall–Kier alpha value is -1.84. The third kappa shape index (κ3) is 37.9. The van der Waals surface area contributed by atoms with Crippen LogP contribution in [0.15, 0.2) is 60.8 Å². The lowest BCUT2D eigenvalue weighted by molar-refractivity contribution is -0.153. The van der Waals surface area contributed by atoms with Crippen LogP contribution in [0.4, 0.5) is 0 Å². The average molecular weight is 755 g/mol. The van der Waals surface area contributed by atoms with Crippen LogP contribution < -0.4 is 0 Å². The molecule has 0 aromatic carbocycles. The molecule has 10 heteroatoms. The molecule has 0 radical (unpaired) electrons. The zero-order chi connectivity index (χ0) is 38.2. The molecule has 52 heavy (non-hydrogen) atoms. The van der Waals surface area contributed by atoms with Crippen molar-refractivity contribution in [2.45, 2.75) is 167 Å². The maximum Gasteiger partial charge on any atom is 0.472 e. The highest BCUT2D eigenvalue weighted by atomic mass is 31.2. The summed E-state index contributed by atoms with van der Waals surface area (Å²) in [6, 6.07) is 0. The number of aliphatic hydroxyl groups is 2. The van der Waals surface area contributed by atoms with Crippen LogP contribution >= 0.6 is 7.82 Å². The zero-order valence-electron chi connectivity index (χ0n) is 32.8. The van der Waals surface area contributed by atoms with Crippen molar-refractivity contribution in [3.63, 3.8) is 0 Å². The van der Waals surface area contributed by atoms with Crippen molar-refractivity contribution in [2.75, 3.05) is 33.0 Å². The fraction of sp³-hybridized carbons (Fsp3) is 0.738. The summed E-state index contributed by atoms with van der Waals surface area (Å²) < 4.78 is 33.2. The van der Waals surface area contributed by atoms with Gasteiger partial charge in [-0.15, -0.1) is 0 Å². The molecule has 0 fully saturated rings. The Morgan fingerprint density at radius 3 is 1.48 bits per heavy atom. The van der Waals surface area contributed by atoms with Crippen LogP contribution in [-0.2, 0) is 27.9 Å². The van der Waals surface area contributed by atoms with Gasteiger partial charge in [-0.25, -0.2) is 4.57 Å². The summed E-state index contributed by atoms with van der Waals surface area (Å²) in [6.45, 7) is 3.27. The van der Waals surface area contributed by atoms with E-state index in [0.29, 0.717) is 13.0 Å². The number of esters is 1. The molecule has 0 heterocycles. The number of aliphatic hydroxyl groups excluding tert-OH is 2. The SMILES string of the molecule is CC/C=C\C/C=C\C/C=C\C/C=C\C/C=C\CC(=O)OC(COCCCCCCCCCCCCCCCCCC)COP(=O)(O)OCC(O)CO. The third-order valence-corrected chi connectivity index (χ3v) is 9.20. The lowest BCUT2D eigenvalue weighted by Gasteiger charge is -2.20. The molecule has 0 bridgehead atoms. The number of rotatable bonds is 38. The van der Waals surface area contributed by atoms with Crippen molar-refractivity contribution in [3.05, 3.63) is 60.8 Å². The molecule has 0 aliphatic rings. The van der Waals surface area contributed by atoms with E-state index in [0.717, 1.165) is 44.9 Å². The van der Waals surface area contributed by atoms with Crippen molar-refractivity contribution in [3.8, 4) is 0 Å². The molecule has 0 amide bonds. The van der Waals surface area contributed by atoms with E-state index in [1.165, 1.54) is 83.5 Å². The van der Waals surface area contributed by atoms with Gasteiger partial charge in [0.15, 0.2) is 0 Å². The van der Waals surface area contributed by atoms with Crippen molar-refractivity contribution in [1.82, 2.24) is 0 Å². The summed E-state index contributed by atoms with van der Waals surface area (Å²) in [7, 11) is -4.54. The Morgan fingerprint density at radius 1 is 0.596 bits per heavy atom. The number of unbranched alkanes of at least 4 members (excludes halogenated alkanes) is 15. The first-order valence-electron chi connectivity index (χ1n) is 20.3. The van der Waals surface area contributed by atoms with Gasteiger partial charge in [0.1, 0.15) is 12.2 Å². The quantitative estimate of drug-likeness (QED) is 0.0244. The monoisotopic (exact) mass is 755 g/mol. The second-order valence-corrected chi connectivity index (χ2v) is 14.8. The van der Waals surface area contributed by atoms with Crippen LogP contribution in [0.3, 0.4) is 0 Å². The van der Waals surface area contributed by atoms with Crippen molar-refractivity contribution < 1.29 is 43.0 Å². The maximum absolute atomic E-state index is 12.5. The lowest BCUT2D eigenvalue weighted by atomic mass is 10.0. The summed E-state index contributed by atoms with van der Waals surface area (Å²) in [4.78, 5) is 22.4. The van der Waals surface area contributed by atoms with Gasteiger partial charge in [-0.3, -0.25) is 13.8 Å². The Labute approximate surface area is 317 Å². The summed E-state index contributed by atoms with van der Waals surface area (Å²) in [6.07, 6.45) is 43.5. The molecule has 0 rings (SSSR count). The molecule has 0 aliphatic heterocycles. The molecule has 3 atom stereocenters. The standard InChI is InChI=1S/C42H75O9P/c1-3-5-7-9-11-13-15-17-19-21-23-25-27-29-31-33-35-48-38-41(39-50-52(46,47)49-37-40(44)36-43)51-42(45)34-32-30-28-26-24-22-20-18-16-14-12-10-8-6-4-2/h6,8,12,14,18,20,24,26,30,32,40-41,43-44H,3-5,7,9-11,13,15-17,19,21-23,25,27-29,31,33-39H2,1-2H3,(H,46,47)/b8-6-,14-12-,20-18-,26-24-,32-30-. The normalized spacial score (nSPS) is 14.8. The molecule has 0 spiro atoms. The Kier molecular flexibility index (Phi) is 37.5. The number of carbonyl (C=O) groups excluding carboxylic acids is 1. The molecule has 302 valence electrons. The highest BCUT2D eigenvalue weighted by Crippen LogP contribution is 2.43. The topological polar surface area (TPSA) is 132 Å². The molecule has 9 nitrogen and oxygen atoms in total. The highest BCUT2D eigenvalue weighted by molar-refractivity contribution is 7.47. The molecule has 0 aromatic heterocycles. The minimum absolute atomic E-state index is 0.00934. The van der Waals surface area contributed by atoms with Gasteiger partial charge in [0.05, 0.1) is 32.8 Å². The van der Waals surface area contributed by atoms with E-state index in [1.807, 2.05) is 12.2 Å². The number of phosphoric acid groups is 1. The Morgan fingerprint density at radius 2 is 1.02 bits per heavy atom. The smallest absolute Gasteiger partial charge is 0.457 e. The molecule has 0 aliphatic carbocycles. The Bertz CT molecular complexity index is 992. The van der Waals surface area contributed by atoms with Crippen LogP contribution in [0.2, 0.25) is 0 Å². The predicted octanol–water partition coefficient (Wildman–Crippen LogP) is 10.8. The van der Waals surface area contributed by atoms with E-state index in [2.05, 4.69) is 56.4 Å². The molecular weight excluding hydrogens is 679 g/mol. The van der Waals surface area contributed by atoms with E-state index in [-0.39, 0.29) is 13.0 Å². The summed E-state index contributed by atoms with van der Waals surface area (Å²) in [5.74, 6) is -0.509. The summed E-state index contributed by atoms with van der Waals surface area (Å²) in [5, 5.41) is 18.3. The van der Waals surface area contributed by atoms with Gasteiger partial charge < -0.3 is 24.6 Å². The summed E-state index contributed by atoms with van der Waals surface area (Å²) >= 11 is 0. The second kappa shape index (κ2) is 38.9. The number of ether oxygens (including phenoxy) is 2. The average Bonchev–Trinajstić information content (AvgIpc) is 3.13. The first kappa shape index (κ1) is 50.2. The predicted molar refractivity (Wildman–Crippen MR) is 214 cm³/mol. The van der Waals surface area contributed by atoms with E-state index in [4.69, 9.17) is 23.6 Å². The van der Waals surface area contributed by atoms with Crippen molar-refractivity contribution in [1.29, 1.82) is 0 Å². The van der Waals surface area contributed by atoms with Gasteiger partial charge in [-0.1, -0.05) is 171 Å². The lowest BCUT2D eigenvalue weighted by Crippen LogP contribution is -2.28. The first-order chi connectivity index (χ1) is 25.3. The van der Waals surface area contributed by atoms with Crippen LogP contribution in [0.5, 0.6) is 0 Å². The summed E-state index contributed by atoms with van der Waals surface area (Å²) in [5.41, 5.74) is 0. The third-order valence-electron chi connectivity index (χ3n) is 8.25. The van der Waals surface area contributed by atoms with Crippen molar-refractivity contribution >= 4 is 13.8 Å². The van der Waals surface area contributed by atoms with Crippen LogP contribution in [-0.4, -0.2) is 66.3 Å². The number of hydrogen-bond acceptors (Lipinski definition) is 8. The molecular formula is C42H75O9P. The van der Waals surface area contributed by atoms with Crippen molar-refractivity contribution in [2.24, 2.45) is 0 Å². The Balaban J connectivity index is 4.33. The van der Waals surface area contributed by atoms with E-state index < -0.39 is 45.8 Å². The van der Waals surface area contributed by atoms with Gasteiger partial charge >= 0.3 is 13.8 Å². The number of phosphoric ester groups is 1. The van der Waals surface area contributed by atoms with E-state index in [9.17, 15) is 19.4 Å². The molecule has 3 unspecified atom stereocenters. The van der Waals surface area contributed by atoms with Gasteiger partial charge in [0, 0.05) is 6.61 Å². The van der Waals surface area contributed by atoms with Gasteiger partial charge in [0.25, 0.3) is 0 Å². The van der Waals surface area contributed by atoms with Crippen LogP contribution in [0.1, 0.15) is 155 Å². The fourth-order valence-electron chi connectivity index (χ4n) is 5.19. The maximum atomic E-state index is 12.5. The minimum Gasteiger partial charge on any atom is -0.457 e. The zero-order valence-corrected chi connectivity index (χ0v) is 33.7. The number of allylic oxidation sites excluding steroid dienone is 9. The number of carbonyl (C=O) groups is 1. The van der Waals surface area contributed by atoms with Gasteiger partial charge in [-0.2, -0.15) is 0 Å². The molecule has 0 saturated heterocycles. The molecule has 0 aromatic rings. The fourth-order valence-corrected chi connectivity index (χ4v) is 5.98. The van der Waals surface area contributed by atoms with Crippen LogP contribution in [0, 0.1) is 0 Å². The highest BCUT2D eigenvalue weighted by Gasteiger charge is 2.26. The van der Waals surface area contributed by atoms with E-state index in [1.54, 1.807) is 6.08 Å². The first-order valence-corrected chi connectivity index (χ1v) is 21.8. The van der Waals surface area contributed by atoms with Gasteiger partial charge in [0.2, 0.25) is 0 Å². The van der Waals surface area contributed by atoms with Crippen LogP contribution in [0.25, 0.3) is 0 Å². The minimum atomic E-state index is -4.54. The van der Waals surface area contributed by atoms with E-state index >= 15 is 0 Å². The number of hydrogen-bond donors (Lipinski definition) is 3. The largest absolute Gasteiger partial charge is 0.472 e. The molecule has 3 N–H and O–H groups in total. The van der Waals surface area contributed by atoms with Gasteiger partial charge in [-0.05, 0) is 38.5 Å². The molecule has 0 saturated carbocycles.